The van der Waals surface area contributed by atoms with Crippen molar-refractivity contribution in [3.8, 4) is 0 Å². The number of benzene rings is 2. The third kappa shape index (κ3) is 3.48. The minimum atomic E-state index is -0.547. The predicted molar refractivity (Wildman–Crippen MR) is 82.5 cm³/mol. The molecule has 22 heavy (non-hydrogen) atoms. The lowest BCUT2D eigenvalue weighted by Crippen LogP contribution is -2.12. The molecule has 2 aromatic carbocycles. The fourth-order valence-corrected chi connectivity index (χ4v) is 1.93. The summed E-state index contributed by atoms with van der Waals surface area (Å²) in [5, 5.41) is 13.4. The van der Waals surface area contributed by atoms with Crippen LogP contribution in [0.25, 0.3) is 0 Å². The predicted octanol–water partition coefficient (Wildman–Crippen LogP) is 3.70. The first-order valence-electron chi connectivity index (χ1n) is 6.25. The van der Waals surface area contributed by atoms with Crippen molar-refractivity contribution in [3.05, 3.63) is 68.7 Å². The molecule has 0 bridgehead atoms. The van der Waals surface area contributed by atoms with E-state index in [9.17, 15) is 19.7 Å². The van der Waals surface area contributed by atoms with Crippen molar-refractivity contribution < 1.29 is 14.5 Å². The van der Waals surface area contributed by atoms with E-state index < -0.39 is 10.8 Å². The van der Waals surface area contributed by atoms with Gasteiger partial charge in [-0.05, 0) is 37.3 Å². The van der Waals surface area contributed by atoms with E-state index in [1.54, 1.807) is 6.07 Å². The lowest BCUT2D eigenvalue weighted by Gasteiger charge is -2.08. The summed E-state index contributed by atoms with van der Waals surface area (Å²) in [5.74, 6) is -0.625. The maximum Gasteiger partial charge on any atom is 0.269 e. The van der Waals surface area contributed by atoms with Gasteiger partial charge in [0.1, 0.15) is 0 Å². The number of carbonyl (C=O) groups is 2. The summed E-state index contributed by atoms with van der Waals surface area (Å²) in [6.45, 7) is 1.41. The Morgan fingerprint density at radius 3 is 2.23 bits per heavy atom. The first kappa shape index (κ1) is 15.7. The van der Waals surface area contributed by atoms with Crippen LogP contribution < -0.4 is 5.32 Å². The highest BCUT2D eigenvalue weighted by Gasteiger charge is 2.12. The smallest absolute Gasteiger partial charge is 0.269 e. The highest BCUT2D eigenvalue weighted by Crippen LogP contribution is 2.24. The monoisotopic (exact) mass is 318 g/mol. The number of nitro benzene ring substituents is 1. The van der Waals surface area contributed by atoms with Crippen LogP contribution in [0.2, 0.25) is 5.02 Å². The number of nitro groups is 1. The third-order valence-corrected chi connectivity index (χ3v) is 3.29. The van der Waals surface area contributed by atoms with E-state index in [-0.39, 0.29) is 17.0 Å². The second kappa shape index (κ2) is 6.36. The fraction of sp³-hybridized carbons (Fsp3) is 0.0667. The number of anilines is 1. The summed E-state index contributed by atoms with van der Waals surface area (Å²) in [6, 6.07) is 9.72. The number of hydrogen-bond donors (Lipinski definition) is 1. The van der Waals surface area contributed by atoms with Crippen molar-refractivity contribution in [1.29, 1.82) is 0 Å². The van der Waals surface area contributed by atoms with Crippen LogP contribution >= 0.6 is 11.6 Å². The normalized spacial score (nSPS) is 10.1. The summed E-state index contributed by atoms with van der Waals surface area (Å²) in [7, 11) is 0. The first-order valence-corrected chi connectivity index (χ1v) is 6.62. The number of ketones is 1. The van der Waals surface area contributed by atoms with E-state index in [1.807, 2.05) is 0 Å². The maximum atomic E-state index is 12.1. The van der Waals surface area contributed by atoms with Gasteiger partial charge in [0, 0.05) is 23.3 Å². The van der Waals surface area contributed by atoms with Crippen molar-refractivity contribution in [2.24, 2.45) is 0 Å². The van der Waals surface area contributed by atoms with Gasteiger partial charge in [0.2, 0.25) is 0 Å². The lowest BCUT2D eigenvalue weighted by atomic mass is 10.1. The van der Waals surface area contributed by atoms with Crippen LogP contribution in [0.5, 0.6) is 0 Å². The number of hydrogen-bond acceptors (Lipinski definition) is 4. The van der Waals surface area contributed by atoms with Crippen molar-refractivity contribution in [3.63, 3.8) is 0 Å². The number of nitrogens with one attached hydrogen (secondary N) is 1. The number of nitrogens with zero attached hydrogens (tertiary/aromatic N) is 1. The molecule has 112 valence electrons. The molecule has 0 heterocycles. The Hall–Kier alpha value is -2.73. The summed E-state index contributed by atoms with van der Waals surface area (Å²) in [6.07, 6.45) is 0. The zero-order chi connectivity index (χ0) is 16.3. The molecule has 1 amide bonds. The molecule has 0 unspecified atom stereocenters. The van der Waals surface area contributed by atoms with E-state index in [4.69, 9.17) is 11.6 Å². The van der Waals surface area contributed by atoms with E-state index >= 15 is 0 Å². The van der Waals surface area contributed by atoms with Crippen LogP contribution in [0.15, 0.2) is 42.5 Å². The van der Waals surface area contributed by atoms with Crippen LogP contribution in [0, 0.1) is 10.1 Å². The summed E-state index contributed by atoms with van der Waals surface area (Å²) >= 11 is 5.98. The largest absolute Gasteiger partial charge is 0.321 e. The molecule has 6 nitrogen and oxygen atoms in total. The maximum absolute atomic E-state index is 12.1. The molecular formula is C15H11ClN2O4. The SMILES string of the molecule is CC(=O)c1ccc(Cl)c(NC(=O)c2ccc([N+](=O)[O-])cc2)c1. The minimum absolute atomic E-state index is 0.104. The number of non-ortho nitro benzene ring substituents is 1. The fourth-order valence-electron chi connectivity index (χ4n) is 1.77. The van der Waals surface area contributed by atoms with E-state index in [0.717, 1.165) is 0 Å². The van der Waals surface area contributed by atoms with Crippen molar-refractivity contribution >= 4 is 34.7 Å². The average Bonchev–Trinajstić information content (AvgIpc) is 2.49. The van der Waals surface area contributed by atoms with Crippen LogP contribution in [-0.4, -0.2) is 16.6 Å². The number of Topliss-reactive ketones (excluding diaryl/α,β-unsaturated/α-hetero) is 1. The molecule has 0 aliphatic carbocycles. The Balaban J connectivity index is 2.23. The molecule has 0 radical (unpaired) electrons. The van der Waals surface area contributed by atoms with E-state index in [1.165, 1.54) is 43.3 Å². The van der Waals surface area contributed by atoms with Gasteiger partial charge >= 0.3 is 0 Å². The summed E-state index contributed by atoms with van der Waals surface area (Å²) in [5.41, 5.74) is 0.865. The zero-order valence-electron chi connectivity index (χ0n) is 11.5. The molecule has 0 aromatic heterocycles. The van der Waals surface area contributed by atoms with Crippen molar-refractivity contribution in [1.82, 2.24) is 0 Å². The zero-order valence-corrected chi connectivity index (χ0v) is 12.3. The van der Waals surface area contributed by atoms with Crippen molar-refractivity contribution in [2.75, 3.05) is 5.32 Å². The van der Waals surface area contributed by atoms with Gasteiger partial charge in [0.15, 0.2) is 5.78 Å². The first-order chi connectivity index (χ1) is 10.4. The topological polar surface area (TPSA) is 89.3 Å². The van der Waals surface area contributed by atoms with Gasteiger partial charge in [-0.3, -0.25) is 19.7 Å². The Bertz CT molecular complexity index is 757. The van der Waals surface area contributed by atoms with Crippen LogP contribution in [0.3, 0.4) is 0 Å². The summed E-state index contributed by atoms with van der Waals surface area (Å²) in [4.78, 5) is 33.5. The van der Waals surface area contributed by atoms with Gasteiger partial charge in [-0.2, -0.15) is 0 Å². The minimum Gasteiger partial charge on any atom is -0.321 e. The van der Waals surface area contributed by atoms with Crippen LogP contribution in [0.4, 0.5) is 11.4 Å². The molecule has 0 saturated carbocycles. The highest BCUT2D eigenvalue weighted by molar-refractivity contribution is 6.34. The van der Waals surface area contributed by atoms with Gasteiger partial charge in [-0.25, -0.2) is 0 Å². The molecule has 0 fully saturated rings. The standard InChI is InChI=1S/C15H11ClN2O4/c1-9(19)11-4-7-13(16)14(8-11)17-15(20)10-2-5-12(6-3-10)18(21)22/h2-8H,1H3,(H,17,20). The number of halogens is 1. The highest BCUT2D eigenvalue weighted by atomic mass is 35.5. The average molecular weight is 319 g/mol. The van der Waals surface area contributed by atoms with Crippen LogP contribution in [0.1, 0.15) is 27.6 Å². The van der Waals surface area contributed by atoms with Gasteiger partial charge in [-0.15, -0.1) is 0 Å². The number of amides is 1. The Kier molecular flexibility index (Phi) is 4.53. The van der Waals surface area contributed by atoms with Gasteiger partial charge in [0.05, 0.1) is 15.6 Å². The third-order valence-electron chi connectivity index (χ3n) is 2.96. The molecule has 0 saturated heterocycles. The second-order valence-corrected chi connectivity index (χ2v) is 4.92. The second-order valence-electron chi connectivity index (χ2n) is 4.51. The quantitative estimate of drug-likeness (QED) is 0.528. The number of carbonyl (C=O) groups excluding carboxylic acids is 2. The Morgan fingerprint density at radius 1 is 1.09 bits per heavy atom. The molecule has 2 rings (SSSR count). The molecule has 0 spiro atoms. The molecular weight excluding hydrogens is 308 g/mol. The van der Waals surface area contributed by atoms with E-state index in [0.29, 0.717) is 16.3 Å². The molecule has 2 aromatic rings. The van der Waals surface area contributed by atoms with E-state index in [2.05, 4.69) is 5.32 Å². The van der Waals surface area contributed by atoms with Crippen LogP contribution in [-0.2, 0) is 0 Å². The molecule has 0 atom stereocenters. The van der Waals surface area contributed by atoms with Crippen molar-refractivity contribution in [2.45, 2.75) is 6.92 Å². The molecule has 7 heteroatoms. The van der Waals surface area contributed by atoms with Gasteiger partial charge in [0.25, 0.3) is 11.6 Å². The Labute approximate surface area is 130 Å². The number of rotatable bonds is 4. The molecule has 0 aliphatic rings. The molecule has 0 aliphatic heterocycles. The van der Waals surface area contributed by atoms with Gasteiger partial charge in [-0.1, -0.05) is 11.6 Å². The lowest BCUT2D eigenvalue weighted by molar-refractivity contribution is -0.384. The van der Waals surface area contributed by atoms with Gasteiger partial charge < -0.3 is 5.32 Å². The Morgan fingerprint density at radius 2 is 1.68 bits per heavy atom. The summed E-state index contributed by atoms with van der Waals surface area (Å²) < 4.78 is 0. The molecule has 1 N–H and O–H groups in total.